The van der Waals surface area contributed by atoms with Crippen LogP contribution in [0.5, 0.6) is 0 Å². The summed E-state index contributed by atoms with van der Waals surface area (Å²) in [6.07, 6.45) is -0.0112. The van der Waals surface area contributed by atoms with Crippen LogP contribution in [0.2, 0.25) is 5.02 Å². The molecule has 0 radical (unpaired) electrons. The van der Waals surface area contributed by atoms with Crippen LogP contribution in [0.25, 0.3) is 0 Å². The lowest BCUT2D eigenvalue weighted by Crippen LogP contribution is -2.16. The van der Waals surface area contributed by atoms with Gasteiger partial charge in [0.05, 0.1) is 17.0 Å². The maximum atomic E-state index is 12.0. The van der Waals surface area contributed by atoms with E-state index in [2.05, 4.69) is 21.2 Å². The number of halogens is 2. The van der Waals surface area contributed by atoms with Gasteiger partial charge in [-0.2, -0.15) is 0 Å². The number of aromatic carboxylic acids is 1. The average Bonchev–Trinajstić information content (AvgIpc) is 2.43. The predicted molar refractivity (Wildman–Crippen MR) is 84.9 cm³/mol. The van der Waals surface area contributed by atoms with Gasteiger partial charge in [-0.1, -0.05) is 29.8 Å². The Morgan fingerprint density at radius 3 is 2.57 bits per heavy atom. The Kier molecular flexibility index (Phi) is 4.98. The smallest absolute Gasteiger partial charge is 0.335 e. The molecule has 2 rings (SSSR count). The molecule has 2 N–H and O–H groups in total. The molecule has 21 heavy (non-hydrogen) atoms. The molecule has 4 nitrogen and oxygen atoms in total. The zero-order valence-electron chi connectivity index (χ0n) is 10.8. The molecule has 0 fully saturated rings. The molecule has 0 aliphatic carbocycles. The predicted octanol–water partition coefficient (Wildman–Crippen LogP) is 3.98. The molecule has 0 heterocycles. The first kappa shape index (κ1) is 15.5. The van der Waals surface area contributed by atoms with Crippen LogP contribution in [0.15, 0.2) is 46.9 Å². The van der Waals surface area contributed by atoms with Gasteiger partial charge in [0.15, 0.2) is 0 Å². The SMILES string of the molecule is O=C(Cc1ccccc1C(=O)O)Nc1ccc(Cl)c(Br)c1. The van der Waals surface area contributed by atoms with Gasteiger partial charge < -0.3 is 10.4 Å². The minimum atomic E-state index is -1.05. The number of nitrogens with one attached hydrogen (secondary N) is 1. The Morgan fingerprint density at radius 2 is 1.90 bits per heavy atom. The van der Waals surface area contributed by atoms with Crippen molar-refractivity contribution in [3.05, 3.63) is 63.1 Å². The second-order valence-corrected chi connectivity index (χ2v) is 5.58. The molecule has 2 aromatic rings. The van der Waals surface area contributed by atoms with Crippen molar-refractivity contribution in [3.8, 4) is 0 Å². The molecule has 0 unspecified atom stereocenters. The number of amides is 1. The molecule has 1 amide bonds. The van der Waals surface area contributed by atoms with Crippen LogP contribution >= 0.6 is 27.5 Å². The fraction of sp³-hybridized carbons (Fsp3) is 0.0667. The molecular weight excluding hydrogens is 358 g/mol. The van der Waals surface area contributed by atoms with Crippen molar-refractivity contribution in [1.82, 2.24) is 0 Å². The fourth-order valence-electron chi connectivity index (χ4n) is 1.84. The van der Waals surface area contributed by atoms with Crippen LogP contribution in [0.4, 0.5) is 5.69 Å². The highest BCUT2D eigenvalue weighted by Crippen LogP contribution is 2.25. The summed E-state index contributed by atoms with van der Waals surface area (Å²) in [5, 5.41) is 12.3. The lowest BCUT2D eigenvalue weighted by Gasteiger charge is -2.08. The Hall–Kier alpha value is -1.85. The number of benzene rings is 2. The summed E-state index contributed by atoms with van der Waals surface area (Å²) in [4.78, 5) is 23.1. The highest BCUT2D eigenvalue weighted by Gasteiger charge is 2.12. The standard InChI is InChI=1S/C15H11BrClNO3/c16-12-8-10(5-6-13(12)17)18-14(19)7-9-3-1-2-4-11(9)15(20)21/h1-6,8H,7H2,(H,18,19)(H,20,21). The third-order valence-corrected chi connectivity index (χ3v) is 4.02. The van der Waals surface area contributed by atoms with E-state index in [4.69, 9.17) is 16.7 Å². The van der Waals surface area contributed by atoms with E-state index in [1.165, 1.54) is 6.07 Å². The Labute approximate surface area is 134 Å². The molecule has 0 spiro atoms. The van der Waals surface area contributed by atoms with Gasteiger partial charge in [-0.25, -0.2) is 4.79 Å². The minimum Gasteiger partial charge on any atom is -0.478 e. The molecule has 108 valence electrons. The molecule has 0 aliphatic rings. The zero-order chi connectivity index (χ0) is 15.4. The first-order valence-electron chi connectivity index (χ1n) is 6.03. The van der Waals surface area contributed by atoms with Crippen molar-refractivity contribution in [3.63, 3.8) is 0 Å². The minimum absolute atomic E-state index is 0.0112. The highest BCUT2D eigenvalue weighted by molar-refractivity contribution is 9.10. The van der Waals surface area contributed by atoms with Gasteiger partial charge in [0, 0.05) is 10.2 Å². The number of carbonyl (C=O) groups excluding carboxylic acids is 1. The van der Waals surface area contributed by atoms with Crippen molar-refractivity contribution in [2.75, 3.05) is 5.32 Å². The van der Waals surface area contributed by atoms with Gasteiger partial charge in [-0.05, 0) is 45.8 Å². The van der Waals surface area contributed by atoms with E-state index in [1.54, 1.807) is 36.4 Å². The number of rotatable bonds is 4. The summed E-state index contributed by atoms with van der Waals surface area (Å²) < 4.78 is 0.674. The zero-order valence-corrected chi connectivity index (χ0v) is 13.1. The first-order valence-corrected chi connectivity index (χ1v) is 7.20. The lowest BCUT2D eigenvalue weighted by atomic mass is 10.0. The fourth-order valence-corrected chi connectivity index (χ4v) is 2.33. The van der Waals surface area contributed by atoms with Crippen LogP contribution in [0.3, 0.4) is 0 Å². The van der Waals surface area contributed by atoms with Gasteiger partial charge in [0.1, 0.15) is 0 Å². The van der Waals surface area contributed by atoms with Crippen molar-refractivity contribution in [2.45, 2.75) is 6.42 Å². The van der Waals surface area contributed by atoms with E-state index >= 15 is 0 Å². The van der Waals surface area contributed by atoms with Crippen LogP contribution in [-0.2, 0) is 11.2 Å². The molecule has 0 aromatic heterocycles. The van der Waals surface area contributed by atoms with Crippen LogP contribution in [0, 0.1) is 0 Å². The molecule has 0 bridgehead atoms. The molecule has 0 aliphatic heterocycles. The number of carboxylic acids is 1. The lowest BCUT2D eigenvalue weighted by molar-refractivity contribution is -0.115. The van der Waals surface area contributed by atoms with E-state index in [9.17, 15) is 9.59 Å². The van der Waals surface area contributed by atoms with Gasteiger partial charge in [0.2, 0.25) is 5.91 Å². The Morgan fingerprint density at radius 1 is 1.19 bits per heavy atom. The van der Waals surface area contributed by atoms with E-state index < -0.39 is 5.97 Å². The van der Waals surface area contributed by atoms with E-state index in [-0.39, 0.29) is 17.9 Å². The Bertz CT molecular complexity index is 703. The summed E-state index contributed by atoms with van der Waals surface area (Å²) in [5.41, 5.74) is 1.18. The molecule has 2 aromatic carbocycles. The molecular formula is C15H11BrClNO3. The van der Waals surface area contributed by atoms with Crippen LogP contribution in [-0.4, -0.2) is 17.0 Å². The van der Waals surface area contributed by atoms with E-state index in [0.29, 0.717) is 20.7 Å². The van der Waals surface area contributed by atoms with Crippen molar-refractivity contribution >= 4 is 45.1 Å². The van der Waals surface area contributed by atoms with Crippen LogP contribution < -0.4 is 5.32 Å². The largest absolute Gasteiger partial charge is 0.478 e. The Balaban J connectivity index is 2.12. The van der Waals surface area contributed by atoms with Crippen molar-refractivity contribution in [1.29, 1.82) is 0 Å². The number of carboxylic acid groups (broad SMARTS) is 1. The normalized spacial score (nSPS) is 10.2. The molecule has 0 saturated heterocycles. The maximum absolute atomic E-state index is 12.0. The number of hydrogen-bond donors (Lipinski definition) is 2. The van der Waals surface area contributed by atoms with Crippen molar-refractivity contribution in [2.24, 2.45) is 0 Å². The second kappa shape index (κ2) is 6.74. The van der Waals surface area contributed by atoms with Gasteiger partial charge in [0.25, 0.3) is 0 Å². The summed E-state index contributed by atoms with van der Waals surface area (Å²) in [6.45, 7) is 0. The number of carbonyl (C=O) groups is 2. The van der Waals surface area contributed by atoms with Gasteiger partial charge in [-0.3, -0.25) is 4.79 Å². The molecule has 0 atom stereocenters. The summed E-state index contributed by atoms with van der Waals surface area (Å²) in [5.74, 6) is -1.34. The van der Waals surface area contributed by atoms with Gasteiger partial charge in [-0.15, -0.1) is 0 Å². The number of hydrogen-bond acceptors (Lipinski definition) is 2. The van der Waals surface area contributed by atoms with E-state index in [0.717, 1.165) is 0 Å². The monoisotopic (exact) mass is 367 g/mol. The average molecular weight is 369 g/mol. The molecule has 6 heteroatoms. The third-order valence-electron chi connectivity index (χ3n) is 2.80. The quantitative estimate of drug-likeness (QED) is 0.858. The third kappa shape index (κ3) is 4.06. The summed E-state index contributed by atoms with van der Waals surface area (Å²) in [6, 6.07) is 11.4. The summed E-state index contributed by atoms with van der Waals surface area (Å²) in [7, 11) is 0. The summed E-state index contributed by atoms with van der Waals surface area (Å²) >= 11 is 9.15. The second-order valence-electron chi connectivity index (χ2n) is 4.32. The van der Waals surface area contributed by atoms with Crippen LogP contribution in [0.1, 0.15) is 15.9 Å². The van der Waals surface area contributed by atoms with Gasteiger partial charge >= 0.3 is 5.97 Å². The highest BCUT2D eigenvalue weighted by atomic mass is 79.9. The molecule has 0 saturated carbocycles. The van der Waals surface area contributed by atoms with Crippen molar-refractivity contribution < 1.29 is 14.7 Å². The topological polar surface area (TPSA) is 66.4 Å². The van der Waals surface area contributed by atoms with E-state index in [1.807, 2.05) is 0 Å². The number of anilines is 1. The maximum Gasteiger partial charge on any atom is 0.335 e. The first-order chi connectivity index (χ1) is 9.97.